The van der Waals surface area contributed by atoms with E-state index in [-0.39, 0.29) is 5.41 Å². The van der Waals surface area contributed by atoms with Crippen LogP contribution in [-0.4, -0.2) is 22.8 Å². The third-order valence-corrected chi connectivity index (χ3v) is 2.36. The molecular formula is C11H20N4O. The predicted molar refractivity (Wildman–Crippen MR) is 62.1 cm³/mol. The van der Waals surface area contributed by atoms with Crippen molar-refractivity contribution in [2.45, 2.75) is 46.2 Å². The summed E-state index contributed by atoms with van der Waals surface area (Å²) >= 11 is 0. The zero-order valence-electron chi connectivity index (χ0n) is 10.2. The van der Waals surface area contributed by atoms with Gasteiger partial charge in [-0.1, -0.05) is 25.9 Å². The molecule has 0 atom stereocenters. The van der Waals surface area contributed by atoms with Crippen molar-refractivity contribution in [1.82, 2.24) is 15.5 Å². The molecule has 16 heavy (non-hydrogen) atoms. The normalized spacial score (nSPS) is 16.4. The van der Waals surface area contributed by atoms with E-state index in [1.54, 1.807) is 0 Å². The Kier molecular flexibility index (Phi) is 3.14. The van der Waals surface area contributed by atoms with E-state index in [4.69, 9.17) is 4.42 Å². The van der Waals surface area contributed by atoms with Gasteiger partial charge in [0, 0.05) is 12.6 Å². The first-order chi connectivity index (χ1) is 7.53. The minimum Gasteiger partial charge on any atom is -0.407 e. The van der Waals surface area contributed by atoms with E-state index in [0.717, 1.165) is 6.54 Å². The Morgan fingerprint density at radius 2 is 2.06 bits per heavy atom. The summed E-state index contributed by atoms with van der Waals surface area (Å²) in [6, 6.07) is 1.18. The molecule has 0 saturated heterocycles. The maximum Gasteiger partial charge on any atom is 0.315 e. The molecule has 0 aromatic carbocycles. The monoisotopic (exact) mass is 224 g/mol. The van der Waals surface area contributed by atoms with Crippen molar-refractivity contribution in [2.24, 2.45) is 5.41 Å². The summed E-state index contributed by atoms with van der Waals surface area (Å²) in [7, 11) is 0. The summed E-state index contributed by atoms with van der Waals surface area (Å²) in [6.45, 7) is 7.98. The minimum absolute atomic E-state index is 0.209. The van der Waals surface area contributed by atoms with E-state index < -0.39 is 0 Å². The molecule has 1 aliphatic rings. The molecule has 5 heteroatoms. The molecule has 1 heterocycles. The average molecular weight is 224 g/mol. The predicted octanol–water partition coefficient (Wildman–Crippen LogP) is 1.78. The maximum atomic E-state index is 5.46. The van der Waals surface area contributed by atoms with Crippen LogP contribution in [0.5, 0.6) is 0 Å². The molecule has 0 bridgehead atoms. The van der Waals surface area contributed by atoms with E-state index in [1.807, 2.05) is 0 Å². The lowest BCUT2D eigenvalue weighted by Crippen LogP contribution is -2.19. The molecule has 0 spiro atoms. The van der Waals surface area contributed by atoms with Crippen LogP contribution in [0.4, 0.5) is 6.01 Å². The molecule has 1 aliphatic carbocycles. The molecule has 1 fully saturated rings. The number of nitrogens with zero attached hydrogens (tertiary/aromatic N) is 2. The molecule has 2 rings (SSSR count). The van der Waals surface area contributed by atoms with Gasteiger partial charge in [0.15, 0.2) is 0 Å². The Balaban J connectivity index is 1.77. The quantitative estimate of drug-likeness (QED) is 0.798. The standard InChI is InChI=1S/C11H20N4O/c1-11(2,3)7-13-10-15-14-9(16-10)6-12-8-4-5-8/h8,12H,4-7H2,1-3H3,(H,13,15). The van der Waals surface area contributed by atoms with E-state index in [9.17, 15) is 0 Å². The summed E-state index contributed by atoms with van der Waals surface area (Å²) in [5.41, 5.74) is 0.209. The van der Waals surface area contributed by atoms with Crippen molar-refractivity contribution in [3.05, 3.63) is 5.89 Å². The number of aromatic nitrogens is 2. The highest BCUT2D eigenvalue weighted by Crippen LogP contribution is 2.19. The highest BCUT2D eigenvalue weighted by molar-refractivity contribution is 5.17. The van der Waals surface area contributed by atoms with Crippen molar-refractivity contribution in [2.75, 3.05) is 11.9 Å². The van der Waals surface area contributed by atoms with Gasteiger partial charge in [-0.25, -0.2) is 0 Å². The van der Waals surface area contributed by atoms with Crippen LogP contribution >= 0.6 is 0 Å². The van der Waals surface area contributed by atoms with E-state index >= 15 is 0 Å². The second kappa shape index (κ2) is 4.41. The topological polar surface area (TPSA) is 63.0 Å². The number of hydrogen-bond acceptors (Lipinski definition) is 5. The summed E-state index contributed by atoms with van der Waals surface area (Å²) in [4.78, 5) is 0. The van der Waals surface area contributed by atoms with Crippen molar-refractivity contribution in [1.29, 1.82) is 0 Å². The van der Waals surface area contributed by atoms with Gasteiger partial charge in [0.2, 0.25) is 5.89 Å². The van der Waals surface area contributed by atoms with Gasteiger partial charge in [0.25, 0.3) is 0 Å². The van der Waals surface area contributed by atoms with Gasteiger partial charge < -0.3 is 15.1 Å². The highest BCUT2D eigenvalue weighted by atomic mass is 16.4. The van der Waals surface area contributed by atoms with Crippen LogP contribution in [0.3, 0.4) is 0 Å². The molecule has 1 aromatic rings. The number of rotatable bonds is 5. The summed E-state index contributed by atoms with van der Waals surface area (Å²) in [5, 5.41) is 14.4. The first-order valence-corrected chi connectivity index (χ1v) is 5.82. The smallest absolute Gasteiger partial charge is 0.315 e. The fraction of sp³-hybridized carbons (Fsp3) is 0.818. The van der Waals surface area contributed by atoms with Crippen LogP contribution in [0.15, 0.2) is 4.42 Å². The van der Waals surface area contributed by atoms with Gasteiger partial charge in [0.05, 0.1) is 6.54 Å². The largest absolute Gasteiger partial charge is 0.407 e. The third-order valence-electron chi connectivity index (χ3n) is 2.36. The van der Waals surface area contributed by atoms with Gasteiger partial charge in [-0.05, 0) is 18.3 Å². The molecule has 90 valence electrons. The van der Waals surface area contributed by atoms with Gasteiger partial charge in [0.1, 0.15) is 0 Å². The Labute approximate surface area is 96.0 Å². The third kappa shape index (κ3) is 3.81. The molecule has 1 saturated carbocycles. The fourth-order valence-electron chi connectivity index (χ4n) is 1.26. The van der Waals surface area contributed by atoms with Gasteiger partial charge >= 0.3 is 6.01 Å². The Morgan fingerprint density at radius 1 is 1.31 bits per heavy atom. The van der Waals surface area contributed by atoms with Crippen LogP contribution in [0, 0.1) is 5.41 Å². The van der Waals surface area contributed by atoms with Crippen molar-refractivity contribution >= 4 is 6.01 Å². The zero-order valence-corrected chi connectivity index (χ0v) is 10.2. The molecule has 0 unspecified atom stereocenters. The molecule has 2 N–H and O–H groups in total. The van der Waals surface area contributed by atoms with Crippen molar-refractivity contribution in [3.8, 4) is 0 Å². The summed E-state index contributed by atoms with van der Waals surface area (Å²) in [6.07, 6.45) is 2.53. The lowest BCUT2D eigenvalue weighted by Gasteiger charge is -2.17. The second-order valence-electron chi connectivity index (χ2n) is 5.57. The van der Waals surface area contributed by atoms with E-state index in [0.29, 0.717) is 24.5 Å². The molecule has 0 radical (unpaired) electrons. The Hall–Kier alpha value is -1.10. The first kappa shape index (κ1) is 11.4. The average Bonchev–Trinajstić information content (AvgIpc) is 2.91. The van der Waals surface area contributed by atoms with E-state index in [2.05, 4.69) is 41.6 Å². The molecule has 0 amide bonds. The lowest BCUT2D eigenvalue weighted by atomic mass is 9.97. The molecular weight excluding hydrogens is 204 g/mol. The van der Waals surface area contributed by atoms with Crippen molar-refractivity contribution < 1.29 is 4.42 Å². The SMILES string of the molecule is CC(C)(C)CNc1nnc(CNC2CC2)o1. The Bertz CT molecular complexity index is 338. The zero-order chi connectivity index (χ0) is 11.6. The molecule has 1 aromatic heterocycles. The number of hydrogen-bond donors (Lipinski definition) is 2. The summed E-state index contributed by atoms with van der Waals surface area (Å²) < 4.78 is 5.46. The minimum atomic E-state index is 0.209. The lowest BCUT2D eigenvalue weighted by molar-refractivity contribution is 0.426. The number of anilines is 1. The van der Waals surface area contributed by atoms with E-state index in [1.165, 1.54) is 12.8 Å². The van der Waals surface area contributed by atoms with Crippen molar-refractivity contribution in [3.63, 3.8) is 0 Å². The Morgan fingerprint density at radius 3 is 2.69 bits per heavy atom. The molecule has 5 nitrogen and oxygen atoms in total. The van der Waals surface area contributed by atoms with Crippen LogP contribution in [0.2, 0.25) is 0 Å². The molecule has 0 aliphatic heterocycles. The van der Waals surface area contributed by atoms with Gasteiger partial charge in [-0.2, -0.15) is 0 Å². The van der Waals surface area contributed by atoms with Crippen LogP contribution < -0.4 is 10.6 Å². The van der Waals surface area contributed by atoms with Crippen LogP contribution in [0.25, 0.3) is 0 Å². The number of nitrogens with one attached hydrogen (secondary N) is 2. The highest BCUT2D eigenvalue weighted by Gasteiger charge is 2.21. The van der Waals surface area contributed by atoms with Gasteiger partial charge in [-0.15, -0.1) is 5.10 Å². The van der Waals surface area contributed by atoms with Crippen LogP contribution in [-0.2, 0) is 6.54 Å². The fourth-order valence-corrected chi connectivity index (χ4v) is 1.26. The second-order valence-corrected chi connectivity index (χ2v) is 5.57. The first-order valence-electron chi connectivity index (χ1n) is 5.82. The summed E-state index contributed by atoms with van der Waals surface area (Å²) in [5.74, 6) is 0.656. The van der Waals surface area contributed by atoms with Gasteiger partial charge in [-0.3, -0.25) is 0 Å². The maximum absolute atomic E-state index is 5.46. The van der Waals surface area contributed by atoms with Crippen LogP contribution in [0.1, 0.15) is 39.5 Å².